The summed E-state index contributed by atoms with van der Waals surface area (Å²) in [7, 11) is 0. The molecule has 1 aliphatic heterocycles. The van der Waals surface area contributed by atoms with Crippen molar-refractivity contribution in [1.29, 1.82) is 0 Å². The van der Waals surface area contributed by atoms with E-state index in [2.05, 4.69) is 0 Å². The fraction of sp³-hybridized carbons (Fsp3) is 0.417. The number of hydrogen-bond acceptors (Lipinski definition) is 4. The molecule has 102 valence electrons. The van der Waals surface area contributed by atoms with Crippen LogP contribution in [0.1, 0.15) is 29.6 Å². The maximum Gasteiger partial charge on any atom is 0.294 e. The Kier molecular flexibility index (Phi) is 4.27. The quantitative estimate of drug-likeness (QED) is 0.486. The molecule has 1 heterocycles. The first-order chi connectivity index (χ1) is 9.00. The maximum absolute atomic E-state index is 11.2. The van der Waals surface area contributed by atoms with E-state index < -0.39 is 10.2 Å². The van der Waals surface area contributed by atoms with Crippen LogP contribution in [0.2, 0.25) is 5.02 Å². The van der Waals surface area contributed by atoms with Gasteiger partial charge in [0, 0.05) is 24.7 Å². The highest BCUT2D eigenvalue weighted by Gasteiger charge is 2.26. The Labute approximate surface area is 120 Å². The summed E-state index contributed by atoms with van der Waals surface area (Å²) in [5.74, 6) is 0. The van der Waals surface area contributed by atoms with Crippen LogP contribution in [0.4, 0.5) is 11.4 Å². The largest absolute Gasteiger partial charge is 0.365 e. The van der Waals surface area contributed by atoms with E-state index in [1.54, 1.807) is 0 Å². The number of piperidine rings is 1. The lowest BCUT2D eigenvalue weighted by Gasteiger charge is -2.29. The molecule has 2 rings (SSSR count). The molecule has 7 heteroatoms. The lowest BCUT2D eigenvalue weighted by atomic mass is 10.1. The Hall–Kier alpha value is -1.33. The lowest BCUT2D eigenvalue weighted by Crippen LogP contribution is -2.30. The molecule has 0 aliphatic carbocycles. The average Bonchev–Trinajstić information content (AvgIpc) is 2.38. The minimum absolute atomic E-state index is 0.0409. The highest BCUT2D eigenvalue weighted by atomic mass is 35.5. The number of hydrogen-bond donors (Lipinski definition) is 0. The van der Waals surface area contributed by atoms with Gasteiger partial charge in [0.25, 0.3) is 10.9 Å². The predicted molar refractivity (Wildman–Crippen MR) is 74.4 cm³/mol. The van der Waals surface area contributed by atoms with E-state index >= 15 is 0 Å². The average molecular weight is 303 g/mol. The summed E-state index contributed by atoms with van der Waals surface area (Å²) in [6, 6.07) is 2.57. The molecule has 1 fully saturated rings. The van der Waals surface area contributed by atoms with Crippen LogP contribution in [-0.2, 0) is 0 Å². The standard InChI is InChI=1S/C12H12Cl2N2O3/c13-9-6-8(12(14)17)7-10(16(18)19)11(9)15-4-2-1-3-5-15/h6-7H,1-5H2. The van der Waals surface area contributed by atoms with Gasteiger partial charge in [-0.05, 0) is 36.9 Å². The molecule has 1 aliphatic rings. The number of benzene rings is 1. The van der Waals surface area contributed by atoms with Crippen LogP contribution in [0.5, 0.6) is 0 Å². The van der Waals surface area contributed by atoms with Crippen LogP contribution < -0.4 is 4.90 Å². The van der Waals surface area contributed by atoms with Crippen LogP contribution in [0.15, 0.2) is 12.1 Å². The number of rotatable bonds is 3. The fourth-order valence-electron chi connectivity index (χ4n) is 2.27. The van der Waals surface area contributed by atoms with Crippen molar-refractivity contribution in [3.05, 3.63) is 32.8 Å². The SMILES string of the molecule is O=C(Cl)c1cc(Cl)c(N2CCCCC2)c([N+](=O)[O-])c1. The smallest absolute Gasteiger partial charge is 0.294 e. The minimum Gasteiger partial charge on any atom is -0.365 e. The van der Waals surface area contributed by atoms with Crippen molar-refractivity contribution < 1.29 is 9.72 Å². The van der Waals surface area contributed by atoms with Gasteiger partial charge in [-0.1, -0.05) is 11.6 Å². The van der Waals surface area contributed by atoms with Gasteiger partial charge in [-0.25, -0.2) is 0 Å². The zero-order chi connectivity index (χ0) is 14.0. The Morgan fingerprint density at radius 3 is 2.42 bits per heavy atom. The van der Waals surface area contributed by atoms with Crippen LogP contribution in [0, 0.1) is 10.1 Å². The van der Waals surface area contributed by atoms with E-state index in [9.17, 15) is 14.9 Å². The summed E-state index contributed by atoms with van der Waals surface area (Å²) in [6.45, 7) is 1.46. The van der Waals surface area contributed by atoms with E-state index in [0.717, 1.165) is 32.4 Å². The van der Waals surface area contributed by atoms with Gasteiger partial charge in [-0.15, -0.1) is 0 Å². The van der Waals surface area contributed by atoms with Gasteiger partial charge in [0.05, 0.1) is 9.95 Å². The van der Waals surface area contributed by atoms with E-state index in [0.29, 0.717) is 5.69 Å². The second-order valence-corrected chi connectivity index (χ2v) is 5.15. The number of nitro benzene ring substituents is 1. The van der Waals surface area contributed by atoms with Crippen molar-refractivity contribution >= 4 is 39.8 Å². The number of halogens is 2. The normalized spacial score (nSPS) is 15.4. The molecule has 0 N–H and O–H groups in total. The van der Waals surface area contributed by atoms with Gasteiger partial charge < -0.3 is 4.90 Å². The van der Waals surface area contributed by atoms with Crippen LogP contribution in [-0.4, -0.2) is 23.3 Å². The molecular weight excluding hydrogens is 291 g/mol. The Morgan fingerprint density at radius 2 is 1.89 bits per heavy atom. The first-order valence-corrected chi connectivity index (χ1v) is 6.69. The number of nitrogens with zero attached hydrogens (tertiary/aromatic N) is 2. The number of carbonyl (C=O) groups excluding carboxylic acids is 1. The number of carbonyl (C=O) groups is 1. The topological polar surface area (TPSA) is 63.5 Å². The molecule has 0 aromatic heterocycles. The molecule has 0 unspecified atom stereocenters. The first-order valence-electron chi connectivity index (χ1n) is 5.93. The Morgan fingerprint density at radius 1 is 1.26 bits per heavy atom. The molecule has 0 amide bonds. The van der Waals surface area contributed by atoms with Gasteiger partial charge in [0.2, 0.25) is 0 Å². The molecule has 1 aromatic rings. The third kappa shape index (κ3) is 2.98. The molecule has 0 bridgehead atoms. The molecule has 1 saturated heterocycles. The molecule has 0 saturated carbocycles. The van der Waals surface area contributed by atoms with Crippen molar-refractivity contribution in [3.63, 3.8) is 0 Å². The van der Waals surface area contributed by atoms with Crippen molar-refractivity contribution in [2.24, 2.45) is 0 Å². The van der Waals surface area contributed by atoms with Gasteiger partial charge in [-0.2, -0.15) is 0 Å². The summed E-state index contributed by atoms with van der Waals surface area (Å²) in [5.41, 5.74) is 0.255. The van der Waals surface area contributed by atoms with E-state index in [-0.39, 0.29) is 16.3 Å². The van der Waals surface area contributed by atoms with Gasteiger partial charge in [0.1, 0.15) is 5.69 Å². The summed E-state index contributed by atoms with van der Waals surface area (Å²) < 4.78 is 0. The predicted octanol–water partition coefficient (Wildman–Crippen LogP) is 3.62. The molecule has 19 heavy (non-hydrogen) atoms. The van der Waals surface area contributed by atoms with Crippen LogP contribution in [0.25, 0.3) is 0 Å². The highest BCUT2D eigenvalue weighted by Crippen LogP contribution is 2.38. The number of nitro groups is 1. The summed E-state index contributed by atoms with van der Waals surface area (Å²) in [5, 5.41) is 10.6. The third-order valence-corrected chi connectivity index (χ3v) is 3.65. The van der Waals surface area contributed by atoms with Crippen molar-refractivity contribution in [1.82, 2.24) is 0 Å². The zero-order valence-corrected chi connectivity index (χ0v) is 11.6. The minimum atomic E-state index is -0.754. The van der Waals surface area contributed by atoms with E-state index in [4.69, 9.17) is 23.2 Å². The van der Waals surface area contributed by atoms with Gasteiger partial charge >= 0.3 is 0 Å². The monoisotopic (exact) mass is 302 g/mol. The molecule has 0 radical (unpaired) electrons. The summed E-state index contributed by atoms with van der Waals surface area (Å²) >= 11 is 11.5. The molecule has 5 nitrogen and oxygen atoms in total. The zero-order valence-electron chi connectivity index (χ0n) is 10.1. The van der Waals surface area contributed by atoms with Crippen molar-refractivity contribution in [2.45, 2.75) is 19.3 Å². The summed E-state index contributed by atoms with van der Waals surface area (Å²) in [4.78, 5) is 23.7. The van der Waals surface area contributed by atoms with E-state index in [1.165, 1.54) is 12.1 Å². The second kappa shape index (κ2) is 5.75. The Balaban J connectivity index is 2.51. The first kappa shape index (κ1) is 14.1. The van der Waals surface area contributed by atoms with Gasteiger partial charge in [0.15, 0.2) is 0 Å². The summed E-state index contributed by atoms with van der Waals surface area (Å²) in [6.07, 6.45) is 3.06. The van der Waals surface area contributed by atoms with Gasteiger partial charge in [-0.3, -0.25) is 14.9 Å². The molecule has 1 aromatic carbocycles. The molecular formula is C12H12Cl2N2O3. The lowest BCUT2D eigenvalue weighted by molar-refractivity contribution is -0.384. The maximum atomic E-state index is 11.2. The number of anilines is 1. The van der Waals surface area contributed by atoms with Crippen LogP contribution >= 0.6 is 23.2 Å². The highest BCUT2D eigenvalue weighted by molar-refractivity contribution is 6.67. The molecule has 0 spiro atoms. The van der Waals surface area contributed by atoms with Crippen molar-refractivity contribution in [3.8, 4) is 0 Å². The van der Waals surface area contributed by atoms with Crippen molar-refractivity contribution in [2.75, 3.05) is 18.0 Å². The van der Waals surface area contributed by atoms with Crippen LogP contribution in [0.3, 0.4) is 0 Å². The molecule has 0 atom stereocenters. The fourth-order valence-corrected chi connectivity index (χ4v) is 2.71. The second-order valence-electron chi connectivity index (χ2n) is 4.40. The van der Waals surface area contributed by atoms with E-state index in [1.807, 2.05) is 4.90 Å². The Bertz CT molecular complexity index is 528. The third-order valence-electron chi connectivity index (χ3n) is 3.14.